The largest absolute Gasteiger partial charge is 0.303 e. The Hall–Kier alpha value is -0.660. The van der Waals surface area contributed by atoms with E-state index in [1.165, 1.54) is 6.42 Å². The Bertz CT molecular complexity index is 214. The van der Waals surface area contributed by atoms with Gasteiger partial charge in [-0.2, -0.15) is 0 Å². The fourth-order valence-corrected chi connectivity index (χ4v) is 2.57. The van der Waals surface area contributed by atoms with Gasteiger partial charge in [0.15, 0.2) is 0 Å². The van der Waals surface area contributed by atoms with Crippen LogP contribution in [-0.2, 0) is 9.59 Å². The molecule has 2 heteroatoms. The lowest BCUT2D eigenvalue weighted by atomic mass is 9.66. The molecule has 14 heavy (non-hydrogen) atoms. The lowest BCUT2D eigenvalue weighted by molar-refractivity contribution is -0.124. The van der Waals surface area contributed by atoms with Crippen molar-refractivity contribution in [2.75, 3.05) is 0 Å². The van der Waals surface area contributed by atoms with Gasteiger partial charge in [0.1, 0.15) is 12.1 Å². The molecule has 1 saturated carbocycles. The van der Waals surface area contributed by atoms with E-state index in [9.17, 15) is 9.59 Å². The second-order valence-corrected chi connectivity index (χ2v) is 4.72. The van der Waals surface area contributed by atoms with E-state index in [1.54, 1.807) is 6.92 Å². The second kappa shape index (κ2) is 4.72. The van der Waals surface area contributed by atoms with Gasteiger partial charge in [-0.25, -0.2) is 0 Å². The third-order valence-electron chi connectivity index (χ3n) is 3.59. The zero-order chi connectivity index (χ0) is 10.6. The van der Waals surface area contributed by atoms with E-state index in [2.05, 4.69) is 0 Å². The normalized spacial score (nSPS) is 22.7. The van der Waals surface area contributed by atoms with Gasteiger partial charge in [-0.05, 0) is 25.7 Å². The molecule has 1 aliphatic carbocycles. The molecule has 1 atom stereocenters. The van der Waals surface area contributed by atoms with Crippen molar-refractivity contribution < 1.29 is 9.59 Å². The molecule has 1 aliphatic rings. The van der Waals surface area contributed by atoms with Crippen LogP contribution in [-0.4, -0.2) is 12.1 Å². The minimum Gasteiger partial charge on any atom is -0.303 e. The summed E-state index contributed by atoms with van der Waals surface area (Å²) < 4.78 is 0. The van der Waals surface area contributed by atoms with Gasteiger partial charge < -0.3 is 9.59 Å². The van der Waals surface area contributed by atoms with Gasteiger partial charge >= 0.3 is 0 Å². The van der Waals surface area contributed by atoms with E-state index in [0.29, 0.717) is 6.42 Å². The van der Waals surface area contributed by atoms with E-state index < -0.39 is 0 Å². The molecule has 80 valence electrons. The van der Waals surface area contributed by atoms with Crippen molar-refractivity contribution in [3.8, 4) is 0 Å². The van der Waals surface area contributed by atoms with Crippen LogP contribution >= 0.6 is 0 Å². The summed E-state index contributed by atoms with van der Waals surface area (Å²) >= 11 is 0. The Morgan fingerprint density at radius 1 is 1.36 bits per heavy atom. The second-order valence-electron chi connectivity index (χ2n) is 4.72. The fraction of sp³-hybridized carbons (Fsp3) is 0.833. The van der Waals surface area contributed by atoms with Crippen LogP contribution in [0.15, 0.2) is 0 Å². The molecule has 0 heterocycles. The molecule has 0 aromatic carbocycles. The van der Waals surface area contributed by atoms with Gasteiger partial charge in [0.25, 0.3) is 0 Å². The third-order valence-corrected chi connectivity index (χ3v) is 3.59. The highest BCUT2D eigenvalue weighted by Gasteiger charge is 2.37. The SMILES string of the molecule is CC(=O)CC(C)C1(C=O)CCCCC1. The first-order valence-electron chi connectivity index (χ1n) is 5.56. The predicted octanol–water partition coefficient (Wildman–Crippen LogP) is 2.75. The van der Waals surface area contributed by atoms with E-state index in [1.807, 2.05) is 6.92 Å². The maximum atomic E-state index is 11.2. The van der Waals surface area contributed by atoms with Gasteiger partial charge in [-0.1, -0.05) is 26.2 Å². The molecule has 1 unspecified atom stereocenters. The highest BCUT2D eigenvalue weighted by Crippen LogP contribution is 2.42. The van der Waals surface area contributed by atoms with Crippen molar-refractivity contribution in [1.29, 1.82) is 0 Å². The fourth-order valence-electron chi connectivity index (χ4n) is 2.57. The van der Waals surface area contributed by atoms with Gasteiger partial charge in [0.2, 0.25) is 0 Å². The van der Waals surface area contributed by atoms with E-state index in [4.69, 9.17) is 0 Å². The van der Waals surface area contributed by atoms with Crippen LogP contribution in [0, 0.1) is 11.3 Å². The lowest BCUT2D eigenvalue weighted by Gasteiger charge is -2.37. The monoisotopic (exact) mass is 196 g/mol. The predicted molar refractivity (Wildman–Crippen MR) is 56.0 cm³/mol. The summed E-state index contributed by atoms with van der Waals surface area (Å²) in [6.07, 6.45) is 7.14. The van der Waals surface area contributed by atoms with Gasteiger partial charge in [0, 0.05) is 11.8 Å². The summed E-state index contributed by atoms with van der Waals surface area (Å²) in [6, 6.07) is 0. The Balaban J connectivity index is 2.66. The number of hydrogen-bond acceptors (Lipinski definition) is 2. The van der Waals surface area contributed by atoms with Crippen LogP contribution in [0.2, 0.25) is 0 Å². The van der Waals surface area contributed by atoms with Crippen LogP contribution in [0.4, 0.5) is 0 Å². The number of Topliss-reactive ketones (excluding diaryl/α,β-unsaturated/α-hetero) is 1. The lowest BCUT2D eigenvalue weighted by Crippen LogP contribution is -2.34. The highest BCUT2D eigenvalue weighted by molar-refractivity contribution is 5.76. The molecule has 0 aromatic rings. The average Bonchev–Trinajstić information content (AvgIpc) is 2.18. The van der Waals surface area contributed by atoms with Crippen molar-refractivity contribution in [2.45, 2.75) is 52.4 Å². The molecule has 0 bridgehead atoms. The van der Waals surface area contributed by atoms with Crippen molar-refractivity contribution in [3.63, 3.8) is 0 Å². The zero-order valence-electron chi connectivity index (χ0n) is 9.21. The summed E-state index contributed by atoms with van der Waals surface area (Å²) in [4.78, 5) is 22.2. The highest BCUT2D eigenvalue weighted by atomic mass is 16.1. The summed E-state index contributed by atoms with van der Waals surface area (Å²) in [6.45, 7) is 3.65. The molecule has 2 nitrogen and oxygen atoms in total. The van der Waals surface area contributed by atoms with Crippen molar-refractivity contribution >= 4 is 12.1 Å². The standard InChI is InChI=1S/C12H20O2/c1-10(8-11(2)14)12(9-13)6-4-3-5-7-12/h9-10H,3-8H2,1-2H3. The molecule has 0 radical (unpaired) electrons. The topological polar surface area (TPSA) is 34.1 Å². The molecular weight excluding hydrogens is 176 g/mol. The minimum absolute atomic E-state index is 0.191. The number of hydrogen-bond donors (Lipinski definition) is 0. The average molecular weight is 196 g/mol. The van der Waals surface area contributed by atoms with E-state index >= 15 is 0 Å². The number of carbonyl (C=O) groups is 2. The summed E-state index contributed by atoms with van der Waals surface area (Å²) in [5.74, 6) is 0.419. The van der Waals surface area contributed by atoms with Crippen molar-refractivity contribution in [2.24, 2.45) is 11.3 Å². The first-order chi connectivity index (χ1) is 6.60. The molecule has 0 N–H and O–H groups in total. The molecule has 0 saturated heterocycles. The first-order valence-corrected chi connectivity index (χ1v) is 5.56. The zero-order valence-corrected chi connectivity index (χ0v) is 9.21. The van der Waals surface area contributed by atoms with Crippen LogP contribution in [0.25, 0.3) is 0 Å². The Morgan fingerprint density at radius 2 is 1.93 bits per heavy atom. The summed E-state index contributed by atoms with van der Waals surface area (Å²) in [5, 5.41) is 0. The van der Waals surface area contributed by atoms with Gasteiger partial charge in [-0.15, -0.1) is 0 Å². The van der Waals surface area contributed by atoms with Crippen molar-refractivity contribution in [1.82, 2.24) is 0 Å². The van der Waals surface area contributed by atoms with E-state index in [-0.39, 0.29) is 17.1 Å². The van der Waals surface area contributed by atoms with Gasteiger partial charge in [0.05, 0.1) is 0 Å². The smallest absolute Gasteiger partial charge is 0.130 e. The summed E-state index contributed by atoms with van der Waals surface area (Å²) in [5.41, 5.74) is -0.191. The summed E-state index contributed by atoms with van der Waals surface area (Å²) in [7, 11) is 0. The quantitative estimate of drug-likeness (QED) is 0.648. The molecular formula is C12H20O2. The molecule has 1 rings (SSSR count). The molecule has 0 aliphatic heterocycles. The van der Waals surface area contributed by atoms with Crippen LogP contribution in [0.5, 0.6) is 0 Å². The van der Waals surface area contributed by atoms with E-state index in [0.717, 1.165) is 32.0 Å². The van der Waals surface area contributed by atoms with Gasteiger partial charge in [-0.3, -0.25) is 0 Å². The molecule has 1 fully saturated rings. The Labute approximate surface area is 86.1 Å². The number of carbonyl (C=O) groups excluding carboxylic acids is 2. The Morgan fingerprint density at radius 3 is 2.36 bits per heavy atom. The maximum absolute atomic E-state index is 11.2. The van der Waals surface area contributed by atoms with Crippen LogP contribution in [0.1, 0.15) is 52.4 Å². The first kappa shape index (κ1) is 11.4. The maximum Gasteiger partial charge on any atom is 0.130 e. The molecule has 0 amide bonds. The number of ketones is 1. The van der Waals surface area contributed by atoms with Crippen LogP contribution in [0.3, 0.4) is 0 Å². The minimum atomic E-state index is -0.191. The number of rotatable bonds is 4. The Kier molecular flexibility index (Phi) is 3.85. The number of aldehydes is 1. The van der Waals surface area contributed by atoms with Crippen molar-refractivity contribution in [3.05, 3.63) is 0 Å². The van der Waals surface area contributed by atoms with Crippen LogP contribution < -0.4 is 0 Å². The molecule has 0 spiro atoms. The third kappa shape index (κ3) is 2.43. The molecule has 0 aromatic heterocycles.